The predicted octanol–water partition coefficient (Wildman–Crippen LogP) is 3.12. The van der Waals surface area contributed by atoms with Crippen LogP contribution in [-0.2, 0) is 16.0 Å². The Morgan fingerprint density at radius 1 is 1.26 bits per heavy atom. The Morgan fingerprint density at radius 3 is 2.65 bits per heavy atom. The number of hydrogen-bond acceptors (Lipinski definition) is 4. The lowest BCUT2D eigenvalue weighted by molar-refractivity contribution is -0.143. The number of benzene rings is 1. The Kier molecular flexibility index (Phi) is 3.73. The van der Waals surface area contributed by atoms with E-state index in [2.05, 4.69) is 20.8 Å². The Balaban J connectivity index is 1.47. The lowest BCUT2D eigenvalue weighted by atomic mass is 9.73. The number of ether oxygens (including phenoxy) is 1. The molecule has 1 aromatic rings. The van der Waals surface area contributed by atoms with Gasteiger partial charge in [-0.1, -0.05) is 22.0 Å². The van der Waals surface area contributed by atoms with Crippen molar-refractivity contribution in [2.75, 3.05) is 26.2 Å². The summed E-state index contributed by atoms with van der Waals surface area (Å²) in [5.74, 6) is -0.0241. The summed E-state index contributed by atoms with van der Waals surface area (Å²) in [6, 6.07) is 3.34. The number of rotatable bonds is 3. The fourth-order valence-corrected chi connectivity index (χ4v) is 4.72. The molecule has 5 heteroatoms. The van der Waals surface area contributed by atoms with E-state index in [1.165, 1.54) is 0 Å². The van der Waals surface area contributed by atoms with Gasteiger partial charge < -0.3 is 14.7 Å². The summed E-state index contributed by atoms with van der Waals surface area (Å²) < 4.78 is 6.46. The van der Waals surface area contributed by atoms with Gasteiger partial charge in [-0.05, 0) is 63.0 Å². The molecule has 0 atom stereocenters. The number of carbonyl (C=O) groups is 1. The van der Waals surface area contributed by atoms with E-state index < -0.39 is 0 Å². The summed E-state index contributed by atoms with van der Waals surface area (Å²) in [4.78, 5) is 15.1. The number of esters is 1. The van der Waals surface area contributed by atoms with Gasteiger partial charge in [0.1, 0.15) is 5.75 Å². The highest BCUT2D eigenvalue weighted by Crippen LogP contribution is 2.41. The molecule has 1 aromatic carbocycles. The molecule has 0 spiro atoms. The summed E-state index contributed by atoms with van der Waals surface area (Å²) in [5.41, 5.74) is 2.65. The number of halogens is 1. The molecule has 0 amide bonds. The van der Waals surface area contributed by atoms with Gasteiger partial charge in [0, 0.05) is 15.5 Å². The monoisotopic (exact) mass is 377 g/mol. The van der Waals surface area contributed by atoms with Crippen LogP contribution in [0.1, 0.15) is 30.4 Å². The van der Waals surface area contributed by atoms with Crippen LogP contribution in [0.2, 0.25) is 0 Å². The number of carbonyl (C=O) groups excluding carboxylic acids is 1. The highest BCUT2D eigenvalue weighted by Gasteiger charge is 2.40. The first-order chi connectivity index (χ1) is 11.1. The van der Waals surface area contributed by atoms with Crippen molar-refractivity contribution >= 4 is 27.5 Å². The Bertz CT molecular complexity index is 676. The topological polar surface area (TPSA) is 49.8 Å². The van der Waals surface area contributed by atoms with Crippen molar-refractivity contribution in [2.45, 2.75) is 25.7 Å². The Hall–Kier alpha value is -1.33. The number of phenols is 1. The molecule has 5 rings (SSSR count). The fraction of sp³-hybridized carbons (Fsp3) is 0.500. The van der Waals surface area contributed by atoms with Gasteiger partial charge in [0.2, 0.25) is 0 Å². The van der Waals surface area contributed by atoms with Gasteiger partial charge >= 0.3 is 5.97 Å². The SMILES string of the molecule is O=C(OCC12CCN(CC1)CC2)C1=CCc2cc(O)cc(Br)c21. The maximum Gasteiger partial charge on any atom is 0.338 e. The van der Waals surface area contributed by atoms with Gasteiger partial charge in [0.15, 0.2) is 0 Å². The molecule has 0 aromatic heterocycles. The minimum Gasteiger partial charge on any atom is -0.508 e. The van der Waals surface area contributed by atoms with E-state index in [0.29, 0.717) is 18.6 Å². The first kappa shape index (κ1) is 15.2. The van der Waals surface area contributed by atoms with Crippen molar-refractivity contribution in [2.24, 2.45) is 5.41 Å². The molecule has 1 N–H and O–H groups in total. The summed E-state index contributed by atoms with van der Waals surface area (Å²) in [6.07, 6.45) is 5.96. The molecule has 23 heavy (non-hydrogen) atoms. The van der Waals surface area contributed by atoms with Crippen LogP contribution in [0, 0.1) is 5.41 Å². The van der Waals surface area contributed by atoms with E-state index in [0.717, 1.165) is 54.5 Å². The van der Waals surface area contributed by atoms with Gasteiger partial charge in [0.05, 0.1) is 12.2 Å². The molecule has 3 heterocycles. The summed E-state index contributed by atoms with van der Waals surface area (Å²) in [7, 11) is 0. The minimum absolute atomic E-state index is 0.193. The molecule has 2 bridgehead atoms. The normalized spacial score (nSPS) is 28.4. The van der Waals surface area contributed by atoms with E-state index in [-0.39, 0.29) is 17.1 Å². The first-order valence-electron chi connectivity index (χ1n) is 8.18. The third-order valence-corrected chi connectivity index (χ3v) is 6.18. The van der Waals surface area contributed by atoms with Gasteiger partial charge in [-0.25, -0.2) is 4.79 Å². The molecule has 0 radical (unpaired) electrons. The number of piperidine rings is 3. The number of nitrogens with zero attached hydrogens (tertiary/aromatic N) is 1. The summed E-state index contributed by atoms with van der Waals surface area (Å²) in [6.45, 7) is 3.93. The lowest BCUT2D eigenvalue weighted by Gasteiger charge is -2.47. The third kappa shape index (κ3) is 2.70. The zero-order valence-corrected chi connectivity index (χ0v) is 14.6. The van der Waals surface area contributed by atoms with Gasteiger partial charge in [-0.2, -0.15) is 0 Å². The molecular weight excluding hydrogens is 358 g/mol. The highest BCUT2D eigenvalue weighted by atomic mass is 79.9. The first-order valence-corrected chi connectivity index (χ1v) is 8.97. The van der Waals surface area contributed by atoms with Crippen molar-refractivity contribution in [1.82, 2.24) is 4.90 Å². The Morgan fingerprint density at radius 2 is 1.96 bits per heavy atom. The van der Waals surface area contributed by atoms with Crippen molar-refractivity contribution in [3.05, 3.63) is 33.8 Å². The largest absolute Gasteiger partial charge is 0.508 e. The van der Waals surface area contributed by atoms with Crippen LogP contribution >= 0.6 is 15.9 Å². The zero-order chi connectivity index (χ0) is 16.0. The van der Waals surface area contributed by atoms with Gasteiger partial charge in [-0.15, -0.1) is 0 Å². The van der Waals surface area contributed by atoms with Crippen molar-refractivity contribution in [3.8, 4) is 5.75 Å². The average molecular weight is 378 g/mol. The minimum atomic E-state index is -0.238. The van der Waals surface area contributed by atoms with Crippen LogP contribution in [0.25, 0.3) is 5.57 Å². The number of aromatic hydroxyl groups is 1. The van der Waals surface area contributed by atoms with Crippen molar-refractivity contribution < 1.29 is 14.6 Å². The molecule has 1 aliphatic carbocycles. The Labute approximate surface area is 144 Å². The molecule has 3 fully saturated rings. The van der Waals surface area contributed by atoms with E-state index in [4.69, 9.17) is 4.74 Å². The second kappa shape index (κ2) is 5.64. The molecule has 3 aliphatic heterocycles. The molecular formula is C18H20BrNO3. The molecule has 4 nitrogen and oxygen atoms in total. The van der Waals surface area contributed by atoms with Crippen LogP contribution in [0.4, 0.5) is 0 Å². The van der Waals surface area contributed by atoms with Gasteiger partial charge in [0.25, 0.3) is 0 Å². The van der Waals surface area contributed by atoms with Crippen LogP contribution in [0.15, 0.2) is 22.7 Å². The number of allylic oxidation sites excluding steroid dienone is 1. The second-order valence-electron chi connectivity index (χ2n) is 6.95. The fourth-order valence-electron chi connectivity index (χ4n) is 4.02. The maximum atomic E-state index is 12.6. The summed E-state index contributed by atoms with van der Waals surface area (Å²) in [5, 5.41) is 9.67. The molecule has 122 valence electrons. The van der Waals surface area contributed by atoms with Gasteiger partial charge in [-0.3, -0.25) is 0 Å². The quantitative estimate of drug-likeness (QED) is 0.822. The predicted molar refractivity (Wildman–Crippen MR) is 91.2 cm³/mol. The number of fused-ring (bicyclic) bond motifs is 4. The smallest absolute Gasteiger partial charge is 0.338 e. The lowest BCUT2D eigenvalue weighted by Crippen LogP contribution is -2.50. The maximum absolute atomic E-state index is 12.6. The van der Waals surface area contributed by atoms with E-state index >= 15 is 0 Å². The van der Waals surface area contributed by atoms with Crippen LogP contribution in [0.5, 0.6) is 5.75 Å². The standard InChI is InChI=1S/C18H20BrNO3/c19-15-10-13(21)9-12-1-2-14(16(12)15)17(22)23-11-18-3-6-20(7-4-18)8-5-18/h2,9-10,21H,1,3-8,11H2. The van der Waals surface area contributed by atoms with Crippen molar-refractivity contribution in [1.29, 1.82) is 0 Å². The molecule has 0 unspecified atom stereocenters. The van der Waals surface area contributed by atoms with Crippen molar-refractivity contribution in [3.63, 3.8) is 0 Å². The number of phenolic OH excluding ortho intramolecular Hbond substituents is 1. The zero-order valence-electron chi connectivity index (χ0n) is 13.0. The highest BCUT2D eigenvalue weighted by molar-refractivity contribution is 9.10. The molecule has 0 saturated carbocycles. The van der Waals surface area contributed by atoms with Crippen LogP contribution in [-0.4, -0.2) is 42.2 Å². The van der Waals surface area contributed by atoms with E-state index in [1.807, 2.05) is 6.08 Å². The van der Waals surface area contributed by atoms with Crippen LogP contribution < -0.4 is 0 Å². The second-order valence-corrected chi connectivity index (χ2v) is 7.81. The third-order valence-electron chi connectivity index (χ3n) is 5.56. The summed E-state index contributed by atoms with van der Waals surface area (Å²) >= 11 is 3.45. The number of hydrogen-bond donors (Lipinski definition) is 1. The molecule has 4 aliphatic rings. The average Bonchev–Trinajstić information content (AvgIpc) is 2.98. The van der Waals surface area contributed by atoms with Crippen LogP contribution in [0.3, 0.4) is 0 Å². The molecule has 3 saturated heterocycles. The van der Waals surface area contributed by atoms with E-state index in [9.17, 15) is 9.90 Å². The van der Waals surface area contributed by atoms with E-state index in [1.54, 1.807) is 12.1 Å².